The molecule has 0 aliphatic heterocycles. The van der Waals surface area contributed by atoms with Crippen molar-refractivity contribution in [1.82, 2.24) is 0 Å². The van der Waals surface area contributed by atoms with Crippen molar-refractivity contribution in [2.45, 2.75) is 13.8 Å². The Labute approximate surface area is 96.1 Å². The van der Waals surface area contributed by atoms with E-state index < -0.39 is 0 Å². The van der Waals surface area contributed by atoms with Crippen molar-refractivity contribution in [3.63, 3.8) is 0 Å². The summed E-state index contributed by atoms with van der Waals surface area (Å²) in [4.78, 5) is 2.16. The molecule has 0 spiro atoms. The lowest BCUT2D eigenvalue weighted by atomic mass is 10.2. The number of aliphatic hydroxyl groups is 1. The molecule has 0 aliphatic carbocycles. The van der Waals surface area contributed by atoms with Crippen LogP contribution in [0.4, 0.5) is 5.69 Å². The number of nitrogens with zero attached hydrogens (tertiary/aromatic N) is 1. The highest BCUT2D eigenvalue weighted by Crippen LogP contribution is 2.30. The first-order chi connectivity index (χ1) is 7.72. The van der Waals surface area contributed by atoms with E-state index in [0.717, 1.165) is 18.8 Å². The van der Waals surface area contributed by atoms with Gasteiger partial charge < -0.3 is 19.8 Å². The lowest BCUT2D eigenvalue weighted by Crippen LogP contribution is -2.21. The molecule has 0 bridgehead atoms. The monoisotopic (exact) mass is 225 g/mol. The number of ether oxygens (including phenoxy) is 1. The molecule has 0 atom stereocenters. The molecular formula is C12H19NO3. The number of rotatable bonds is 6. The molecule has 0 radical (unpaired) electrons. The van der Waals surface area contributed by atoms with Crippen LogP contribution in [0.15, 0.2) is 18.2 Å². The highest BCUT2D eigenvalue weighted by Gasteiger charge is 2.07. The summed E-state index contributed by atoms with van der Waals surface area (Å²) in [6.07, 6.45) is 0. The third-order valence-electron chi connectivity index (χ3n) is 2.42. The molecule has 1 aromatic carbocycles. The normalized spacial score (nSPS) is 10.2. The molecule has 0 saturated carbocycles. The highest BCUT2D eigenvalue weighted by atomic mass is 16.5. The first kappa shape index (κ1) is 12.6. The quantitative estimate of drug-likeness (QED) is 0.772. The van der Waals surface area contributed by atoms with Gasteiger partial charge in [0, 0.05) is 24.8 Å². The van der Waals surface area contributed by atoms with Crippen LogP contribution in [-0.4, -0.2) is 36.5 Å². The average Bonchev–Trinajstić information content (AvgIpc) is 2.31. The smallest absolute Gasteiger partial charge is 0.163 e. The predicted molar refractivity (Wildman–Crippen MR) is 64.2 cm³/mol. The van der Waals surface area contributed by atoms with Gasteiger partial charge in [-0.05, 0) is 26.0 Å². The lowest BCUT2D eigenvalue weighted by Gasteiger charge is -2.21. The van der Waals surface area contributed by atoms with Gasteiger partial charge in [-0.25, -0.2) is 0 Å². The summed E-state index contributed by atoms with van der Waals surface area (Å²) in [6.45, 7) is 6.08. The fraction of sp³-hybridized carbons (Fsp3) is 0.500. The van der Waals surface area contributed by atoms with Gasteiger partial charge in [-0.1, -0.05) is 0 Å². The number of hydrogen-bond acceptors (Lipinski definition) is 4. The van der Waals surface area contributed by atoms with E-state index in [1.165, 1.54) is 0 Å². The minimum absolute atomic E-state index is 0.0606. The maximum atomic E-state index is 9.56. The van der Waals surface area contributed by atoms with Crippen LogP contribution in [0.25, 0.3) is 0 Å². The molecule has 0 fully saturated rings. The van der Waals surface area contributed by atoms with Gasteiger partial charge in [0.1, 0.15) is 6.61 Å². The number of aromatic hydroxyl groups is 1. The molecule has 0 aliphatic rings. The fourth-order valence-electron chi connectivity index (χ4n) is 1.56. The molecule has 0 amide bonds. The SMILES string of the molecule is CCN(CC)c1ccc(O)c(OCCO)c1. The Morgan fingerprint density at radius 3 is 2.50 bits per heavy atom. The Balaban J connectivity index is 2.87. The Kier molecular flexibility index (Phi) is 4.92. The zero-order chi connectivity index (χ0) is 12.0. The van der Waals surface area contributed by atoms with E-state index in [9.17, 15) is 5.11 Å². The van der Waals surface area contributed by atoms with Gasteiger partial charge in [-0.2, -0.15) is 0 Å². The van der Waals surface area contributed by atoms with Gasteiger partial charge in [0.25, 0.3) is 0 Å². The number of benzene rings is 1. The van der Waals surface area contributed by atoms with Crippen LogP contribution in [0.3, 0.4) is 0 Å². The molecule has 1 aromatic rings. The third kappa shape index (κ3) is 3.03. The second-order valence-electron chi connectivity index (χ2n) is 3.40. The molecule has 0 heterocycles. The van der Waals surface area contributed by atoms with Gasteiger partial charge in [0.05, 0.1) is 6.61 Å². The molecular weight excluding hydrogens is 206 g/mol. The van der Waals surface area contributed by atoms with Crippen molar-refractivity contribution in [1.29, 1.82) is 0 Å². The van der Waals surface area contributed by atoms with E-state index in [-0.39, 0.29) is 19.0 Å². The molecule has 0 unspecified atom stereocenters. The van der Waals surface area contributed by atoms with E-state index in [4.69, 9.17) is 9.84 Å². The van der Waals surface area contributed by atoms with Crippen LogP contribution in [0.2, 0.25) is 0 Å². The topological polar surface area (TPSA) is 52.9 Å². The van der Waals surface area contributed by atoms with Crippen molar-refractivity contribution < 1.29 is 14.9 Å². The van der Waals surface area contributed by atoms with Crippen LogP contribution in [0.5, 0.6) is 11.5 Å². The summed E-state index contributed by atoms with van der Waals surface area (Å²) in [7, 11) is 0. The van der Waals surface area contributed by atoms with Gasteiger partial charge in [0.2, 0.25) is 0 Å². The van der Waals surface area contributed by atoms with Crippen molar-refractivity contribution in [3.05, 3.63) is 18.2 Å². The number of hydrogen-bond donors (Lipinski definition) is 2. The minimum atomic E-state index is -0.0606. The Morgan fingerprint density at radius 1 is 1.25 bits per heavy atom. The molecule has 90 valence electrons. The standard InChI is InChI=1S/C12H19NO3/c1-3-13(4-2)10-5-6-11(15)12(9-10)16-8-7-14/h5-6,9,14-15H,3-4,7-8H2,1-2H3. The largest absolute Gasteiger partial charge is 0.504 e. The summed E-state index contributed by atoms with van der Waals surface area (Å²) < 4.78 is 5.24. The van der Waals surface area contributed by atoms with E-state index >= 15 is 0 Å². The number of aliphatic hydroxyl groups excluding tert-OH is 1. The fourth-order valence-corrected chi connectivity index (χ4v) is 1.56. The zero-order valence-corrected chi connectivity index (χ0v) is 9.81. The molecule has 0 aromatic heterocycles. The van der Waals surface area contributed by atoms with Crippen LogP contribution in [-0.2, 0) is 0 Å². The summed E-state index contributed by atoms with van der Waals surface area (Å²) in [5.74, 6) is 0.516. The molecule has 16 heavy (non-hydrogen) atoms. The van der Waals surface area contributed by atoms with Gasteiger partial charge in [0.15, 0.2) is 11.5 Å². The molecule has 2 N–H and O–H groups in total. The van der Waals surface area contributed by atoms with Gasteiger partial charge in [-0.3, -0.25) is 0 Å². The van der Waals surface area contributed by atoms with Gasteiger partial charge in [-0.15, -0.1) is 0 Å². The summed E-state index contributed by atoms with van der Waals surface area (Å²) in [5, 5.41) is 18.2. The zero-order valence-electron chi connectivity index (χ0n) is 9.81. The molecule has 1 rings (SSSR count). The Bertz CT molecular complexity index is 324. The lowest BCUT2D eigenvalue weighted by molar-refractivity contribution is 0.197. The number of anilines is 1. The maximum Gasteiger partial charge on any atom is 0.163 e. The summed E-state index contributed by atoms with van der Waals surface area (Å²) in [6, 6.07) is 5.26. The molecule has 4 heteroatoms. The number of phenols is 1. The summed E-state index contributed by atoms with van der Waals surface area (Å²) >= 11 is 0. The Morgan fingerprint density at radius 2 is 1.94 bits per heavy atom. The Hall–Kier alpha value is -1.42. The second-order valence-corrected chi connectivity index (χ2v) is 3.40. The van der Waals surface area contributed by atoms with E-state index in [1.807, 2.05) is 6.07 Å². The third-order valence-corrected chi connectivity index (χ3v) is 2.42. The van der Waals surface area contributed by atoms with Crippen molar-refractivity contribution >= 4 is 5.69 Å². The second kappa shape index (κ2) is 6.23. The predicted octanol–water partition coefficient (Wildman–Crippen LogP) is 1.61. The van der Waals surface area contributed by atoms with E-state index in [1.54, 1.807) is 12.1 Å². The van der Waals surface area contributed by atoms with Crippen molar-refractivity contribution in [3.8, 4) is 11.5 Å². The van der Waals surface area contributed by atoms with Crippen molar-refractivity contribution in [2.24, 2.45) is 0 Å². The van der Waals surface area contributed by atoms with Crippen LogP contribution >= 0.6 is 0 Å². The molecule has 0 saturated heterocycles. The van der Waals surface area contributed by atoms with Gasteiger partial charge >= 0.3 is 0 Å². The van der Waals surface area contributed by atoms with Crippen molar-refractivity contribution in [2.75, 3.05) is 31.2 Å². The van der Waals surface area contributed by atoms with E-state index in [0.29, 0.717) is 5.75 Å². The summed E-state index contributed by atoms with van der Waals surface area (Å²) in [5.41, 5.74) is 1.01. The maximum absolute atomic E-state index is 9.56. The number of phenolic OH excluding ortho intramolecular Hbond substituents is 1. The first-order valence-electron chi connectivity index (χ1n) is 5.54. The first-order valence-corrected chi connectivity index (χ1v) is 5.54. The van der Waals surface area contributed by atoms with Crippen LogP contribution < -0.4 is 9.64 Å². The van der Waals surface area contributed by atoms with Crippen LogP contribution in [0, 0.1) is 0 Å². The molecule has 4 nitrogen and oxygen atoms in total. The average molecular weight is 225 g/mol. The van der Waals surface area contributed by atoms with Crippen LogP contribution in [0.1, 0.15) is 13.8 Å². The highest BCUT2D eigenvalue weighted by molar-refractivity contribution is 5.55. The minimum Gasteiger partial charge on any atom is -0.504 e. The van der Waals surface area contributed by atoms with E-state index in [2.05, 4.69) is 18.7 Å².